The van der Waals surface area contributed by atoms with Gasteiger partial charge in [-0.3, -0.25) is 0 Å². The van der Waals surface area contributed by atoms with Crippen LogP contribution in [0, 0.1) is 11.8 Å². The molecule has 162 valence electrons. The lowest BCUT2D eigenvalue weighted by Gasteiger charge is -2.22. The van der Waals surface area contributed by atoms with E-state index in [0.717, 1.165) is 11.8 Å². The van der Waals surface area contributed by atoms with Gasteiger partial charge in [0.25, 0.3) is 0 Å². The number of unbranched alkanes of at least 4 members (excludes halogenated alkanes) is 2. The van der Waals surface area contributed by atoms with Gasteiger partial charge in [-0.15, -0.1) is 0 Å². The SMILES string of the molecule is CCCCC(CC)Cc1ccc2cc3ccccc3cc2c1CC(CC)CCCC. The summed E-state index contributed by atoms with van der Waals surface area (Å²) >= 11 is 0. The van der Waals surface area contributed by atoms with E-state index < -0.39 is 0 Å². The normalized spacial score (nSPS) is 13.7. The second kappa shape index (κ2) is 11.5. The highest BCUT2D eigenvalue weighted by molar-refractivity contribution is 6.00. The molecule has 0 N–H and O–H groups in total. The summed E-state index contributed by atoms with van der Waals surface area (Å²) in [6.07, 6.45) is 13.1. The molecule has 0 radical (unpaired) electrons. The van der Waals surface area contributed by atoms with Crippen LogP contribution in [0.1, 0.15) is 90.2 Å². The summed E-state index contributed by atoms with van der Waals surface area (Å²) in [5.41, 5.74) is 3.27. The Morgan fingerprint density at radius 3 is 1.83 bits per heavy atom. The minimum atomic E-state index is 0.802. The molecule has 0 aliphatic rings. The quantitative estimate of drug-likeness (QED) is 0.264. The summed E-state index contributed by atoms with van der Waals surface area (Å²) in [5.74, 6) is 1.62. The van der Waals surface area contributed by atoms with Crippen LogP contribution in [0.2, 0.25) is 0 Å². The van der Waals surface area contributed by atoms with Gasteiger partial charge in [0, 0.05) is 0 Å². The van der Waals surface area contributed by atoms with Crippen molar-refractivity contribution in [3.05, 3.63) is 59.7 Å². The predicted molar refractivity (Wildman–Crippen MR) is 135 cm³/mol. The first-order chi connectivity index (χ1) is 14.7. The highest BCUT2D eigenvalue weighted by atomic mass is 14.2. The van der Waals surface area contributed by atoms with Gasteiger partial charge in [-0.25, -0.2) is 0 Å². The van der Waals surface area contributed by atoms with Crippen molar-refractivity contribution in [3.63, 3.8) is 0 Å². The van der Waals surface area contributed by atoms with Crippen LogP contribution in [0.3, 0.4) is 0 Å². The zero-order valence-electron chi connectivity index (χ0n) is 19.8. The molecular formula is C30H42. The van der Waals surface area contributed by atoms with Crippen LogP contribution in [0.4, 0.5) is 0 Å². The Kier molecular flexibility index (Phi) is 8.79. The third-order valence-corrected chi connectivity index (χ3v) is 7.18. The van der Waals surface area contributed by atoms with Crippen LogP contribution in [-0.4, -0.2) is 0 Å². The third kappa shape index (κ3) is 5.65. The number of fused-ring (bicyclic) bond motifs is 2. The number of hydrogen-bond acceptors (Lipinski definition) is 0. The van der Waals surface area contributed by atoms with E-state index in [4.69, 9.17) is 0 Å². The van der Waals surface area contributed by atoms with Gasteiger partial charge in [-0.05, 0) is 69.5 Å². The van der Waals surface area contributed by atoms with Gasteiger partial charge in [0.1, 0.15) is 0 Å². The largest absolute Gasteiger partial charge is 0.0654 e. The van der Waals surface area contributed by atoms with Crippen molar-refractivity contribution in [2.24, 2.45) is 11.8 Å². The smallest absolute Gasteiger partial charge is 0.0143 e. The topological polar surface area (TPSA) is 0 Å². The average Bonchev–Trinajstić information content (AvgIpc) is 2.78. The molecule has 0 saturated heterocycles. The second-order valence-electron chi connectivity index (χ2n) is 9.36. The first-order valence-corrected chi connectivity index (χ1v) is 12.6. The summed E-state index contributed by atoms with van der Waals surface area (Å²) in [5, 5.41) is 5.66. The summed E-state index contributed by atoms with van der Waals surface area (Å²) in [4.78, 5) is 0. The van der Waals surface area contributed by atoms with E-state index in [1.165, 1.54) is 85.8 Å². The van der Waals surface area contributed by atoms with Crippen molar-refractivity contribution >= 4 is 21.5 Å². The molecule has 30 heavy (non-hydrogen) atoms. The first kappa shape index (κ1) is 22.9. The van der Waals surface area contributed by atoms with Gasteiger partial charge in [-0.1, -0.05) is 115 Å². The number of hydrogen-bond donors (Lipinski definition) is 0. The molecule has 0 bridgehead atoms. The minimum absolute atomic E-state index is 0.802. The maximum absolute atomic E-state index is 2.48. The Balaban J connectivity index is 2.05. The van der Waals surface area contributed by atoms with Crippen molar-refractivity contribution in [1.29, 1.82) is 0 Å². The van der Waals surface area contributed by atoms with Crippen molar-refractivity contribution in [2.45, 2.75) is 91.9 Å². The lowest BCUT2D eigenvalue weighted by atomic mass is 9.83. The fourth-order valence-electron chi connectivity index (χ4n) is 5.04. The van der Waals surface area contributed by atoms with Crippen LogP contribution >= 0.6 is 0 Å². The van der Waals surface area contributed by atoms with E-state index in [1.807, 2.05) is 0 Å². The molecule has 0 aliphatic carbocycles. The lowest BCUT2D eigenvalue weighted by Crippen LogP contribution is -2.10. The maximum atomic E-state index is 2.48. The Hall–Kier alpha value is -1.82. The van der Waals surface area contributed by atoms with Gasteiger partial charge in [-0.2, -0.15) is 0 Å². The van der Waals surface area contributed by atoms with Crippen LogP contribution in [0.25, 0.3) is 21.5 Å². The van der Waals surface area contributed by atoms with E-state index in [-0.39, 0.29) is 0 Å². The Labute approximate surface area is 185 Å². The van der Waals surface area contributed by atoms with E-state index in [0.29, 0.717) is 0 Å². The molecule has 3 aromatic carbocycles. The van der Waals surface area contributed by atoms with E-state index in [2.05, 4.69) is 76.2 Å². The molecule has 0 nitrogen and oxygen atoms in total. The fourth-order valence-corrected chi connectivity index (χ4v) is 5.04. The van der Waals surface area contributed by atoms with Crippen LogP contribution in [-0.2, 0) is 12.8 Å². The van der Waals surface area contributed by atoms with Gasteiger partial charge >= 0.3 is 0 Å². The van der Waals surface area contributed by atoms with Crippen molar-refractivity contribution in [3.8, 4) is 0 Å². The highest BCUT2D eigenvalue weighted by Gasteiger charge is 2.17. The second-order valence-corrected chi connectivity index (χ2v) is 9.36. The summed E-state index contributed by atoms with van der Waals surface area (Å²) < 4.78 is 0. The molecule has 0 amide bonds. The molecule has 3 aromatic rings. The van der Waals surface area contributed by atoms with Gasteiger partial charge in [0.15, 0.2) is 0 Å². The molecule has 0 aromatic heterocycles. The average molecular weight is 403 g/mol. The summed E-state index contributed by atoms with van der Waals surface area (Å²) in [6, 6.07) is 18.6. The van der Waals surface area contributed by atoms with Crippen molar-refractivity contribution in [1.82, 2.24) is 0 Å². The Morgan fingerprint density at radius 2 is 1.23 bits per heavy atom. The molecule has 0 spiro atoms. The molecule has 0 heteroatoms. The molecule has 2 unspecified atom stereocenters. The zero-order valence-corrected chi connectivity index (χ0v) is 19.8. The predicted octanol–water partition coefficient (Wildman–Crippen LogP) is 9.51. The molecular weight excluding hydrogens is 360 g/mol. The molecule has 0 saturated carbocycles. The lowest BCUT2D eigenvalue weighted by molar-refractivity contribution is 0.435. The zero-order chi connectivity index (χ0) is 21.3. The van der Waals surface area contributed by atoms with Crippen molar-refractivity contribution in [2.75, 3.05) is 0 Å². The molecule has 0 aliphatic heterocycles. The first-order valence-electron chi connectivity index (χ1n) is 12.6. The molecule has 3 rings (SSSR count). The van der Waals surface area contributed by atoms with Crippen LogP contribution in [0.5, 0.6) is 0 Å². The van der Waals surface area contributed by atoms with E-state index in [9.17, 15) is 0 Å². The van der Waals surface area contributed by atoms with Crippen LogP contribution < -0.4 is 0 Å². The molecule has 2 atom stereocenters. The Morgan fingerprint density at radius 1 is 0.633 bits per heavy atom. The summed E-state index contributed by atoms with van der Waals surface area (Å²) in [7, 11) is 0. The van der Waals surface area contributed by atoms with Crippen molar-refractivity contribution < 1.29 is 0 Å². The Bertz CT molecular complexity index is 920. The standard InChI is InChI=1S/C30H42/c1-5-9-13-23(7-3)19-27-17-18-28-21-25-15-11-12-16-26(25)22-30(28)29(27)20-24(8-4)14-10-6-2/h11-12,15-18,21-24H,5-10,13-14,19-20H2,1-4H3. The fraction of sp³-hybridized carbons (Fsp3) is 0.533. The van der Waals surface area contributed by atoms with Gasteiger partial charge in [0.05, 0.1) is 0 Å². The molecule has 0 heterocycles. The van der Waals surface area contributed by atoms with Crippen LogP contribution in [0.15, 0.2) is 48.5 Å². The minimum Gasteiger partial charge on any atom is -0.0654 e. The van der Waals surface area contributed by atoms with Gasteiger partial charge < -0.3 is 0 Å². The number of rotatable bonds is 12. The van der Waals surface area contributed by atoms with E-state index in [1.54, 1.807) is 11.1 Å². The van der Waals surface area contributed by atoms with E-state index >= 15 is 0 Å². The maximum Gasteiger partial charge on any atom is -0.0143 e. The third-order valence-electron chi connectivity index (χ3n) is 7.18. The highest BCUT2D eigenvalue weighted by Crippen LogP contribution is 2.33. The molecule has 0 fully saturated rings. The monoisotopic (exact) mass is 402 g/mol. The number of benzene rings is 3. The van der Waals surface area contributed by atoms with Gasteiger partial charge in [0.2, 0.25) is 0 Å². The summed E-state index contributed by atoms with van der Waals surface area (Å²) in [6.45, 7) is 9.40.